The molecular formula is C13H20N2O2S. The summed E-state index contributed by atoms with van der Waals surface area (Å²) in [5.41, 5.74) is 0.984. The molecule has 0 bridgehead atoms. The maximum absolute atomic E-state index is 11.7. The van der Waals surface area contributed by atoms with Crippen LogP contribution in [0.1, 0.15) is 26.2 Å². The summed E-state index contributed by atoms with van der Waals surface area (Å²) in [6.07, 6.45) is 3.95. The summed E-state index contributed by atoms with van der Waals surface area (Å²) in [7, 11) is -3.33. The van der Waals surface area contributed by atoms with E-state index in [0.717, 1.165) is 18.2 Å². The van der Waals surface area contributed by atoms with E-state index >= 15 is 0 Å². The van der Waals surface area contributed by atoms with E-state index in [1.807, 2.05) is 12.1 Å². The minimum Gasteiger partial charge on any atom is -0.385 e. The maximum Gasteiger partial charge on any atom is 0.240 e. The molecule has 0 aromatic heterocycles. The van der Waals surface area contributed by atoms with E-state index in [2.05, 4.69) is 10.0 Å². The molecule has 1 aliphatic rings. The van der Waals surface area contributed by atoms with Crippen molar-refractivity contribution < 1.29 is 8.42 Å². The van der Waals surface area contributed by atoms with Crippen molar-refractivity contribution in [3.63, 3.8) is 0 Å². The SMILES string of the molecule is CCNS(=O)(=O)c1ccc(NCC2CCC2)cc1. The van der Waals surface area contributed by atoms with Gasteiger partial charge in [-0.15, -0.1) is 0 Å². The Morgan fingerprint density at radius 3 is 2.39 bits per heavy atom. The molecule has 0 atom stereocenters. The Morgan fingerprint density at radius 2 is 1.89 bits per heavy atom. The lowest BCUT2D eigenvalue weighted by Crippen LogP contribution is -2.23. The zero-order valence-corrected chi connectivity index (χ0v) is 11.5. The topological polar surface area (TPSA) is 58.2 Å². The second-order valence-electron chi connectivity index (χ2n) is 4.70. The molecule has 0 amide bonds. The van der Waals surface area contributed by atoms with Gasteiger partial charge in [0, 0.05) is 18.8 Å². The van der Waals surface area contributed by atoms with Crippen LogP contribution in [0.15, 0.2) is 29.2 Å². The fourth-order valence-electron chi connectivity index (χ4n) is 1.98. The lowest BCUT2D eigenvalue weighted by molar-refractivity contribution is 0.333. The van der Waals surface area contributed by atoms with Crippen molar-refractivity contribution in [3.8, 4) is 0 Å². The van der Waals surface area contributed by atoms with E-state index in [1.165, 1.54) is 19.3 Å². The van der Waals surface area contributed by atoms with Crippen molar-refractivity contribution in [1.82, 2.24) is 4.72 Å². The van der Waals surface area contributed by atoms with Crippen molar-refractivity contribution in [2.45, 2.75) is 31.1 Å². The fraction of sp³-hybridized carbons (Fsp3) is 0.538. The third-order valence-electron chi connectivity index (χ3n) is 3.32. The number of anilines is 1. The molecule has 4 nitrogen and oxygen atoms in total. The van der Waals surface area contributed by atoms with Crippen LogP contribution in [0.3, 0.4) is 0 Å². The lowest BCUT2D eigenvalue weighted by Gasteiger charge is -2.25. The molecule has 0 saturated heterocycles. The highest BCUT2D eigenvalue weighted by Crippen LogP contribution is 2.26. The van der Waals surface area contributed by atoms with Gasteiger partial charge in [0.05, 0.1) is 4.90 Å². The smallest absolute Gasteiger partial charge is 0.240 e. The monoisotopic (exact) mass is 268 g/mol. The van der Waals surface area contributed by atoms with Gasteiger partial charge in [0.1, 0.15) is 0 Å². The maximum atomic E-state index is 11.7. The third kappa shape index (κ3) is 3.23. The van der Waals surface area contributed by atoms with Crippen LogP contribution in [-0.2, 0) is 10.0 Å². The standard InChI is InChI=1S/C13H20N2O2S/c1-2-15-18(16,17)13-8-6-12(7-9-13)14-10-11-4-3-5-11/h6-9,11,14-15H,2-5,10H2,1H3. The summed E-state index contributed by atoms with van der Waals surface area (Å²) >= 11 is 0. The molecule has 0 heterocycles. The van der Waals surface area contributed by atoms with Crippen LogP contribution in [0.5, 0.6) is 0 Å². The molecule has 5 heteroatoms. The van der Waals surface area contributed by atoms with Crippen molar-refractivity contribution in [3.05, 3.63) is 24.3 Å². The number of hydrogen-bond donors (Lipinski definition) is 2. The second kappa shape index (κ2) is 5.71. The molecule has 1 saturated carbocycles. The molecule has 0 radical (unpaired) electrons. The van der Waals surface area contributed by atoms with Gasteiger partial charge >= 0.3 is 0 Å². The number of rotatable bonds is 6. The van der Waals surface area contributed by atoms with Gasteiger partial charge < -0.3 is 5.32 Å². The molecule has 2 N–H and O–H groups in total. The van der Waals surface area contributed by atoms with E-state index in [1.54, 1.807) is 19.1 Å². The number of benzene rings is 1. The van der Waals surface area contributed by atoms with Crippen LogP contribution < -0.4 is 10.0 Å². The largest absolute Gasteiger partial charge is 0.385 e. The minimum absolute atomic E-state index is 0.318. The van der Waals surface area contributed by atoms with Gasteiger partial charge in [0.15, 0.2) is 0 Å². The molecule has 1 fully saturated rings. The molecule has 18 heavy (non-hydrogen) atoms. The summed E-state index contributed by atoms with van der Waals surface area (Å²) in [6.45, 7) is 3.16. The average Bonchev–Trinajstić information content (AvgIpc) is 2.27. The quantitative estimate of drug-likeness (QED) is 0.831. The zero-order valence-electron chi connectivity index (χ0n) is 10.6. The molecule has 0 aliphatic heterocycles. The van der Waals surface area contributed by atoms with E-state index in [0.29, 0.717) is 11.4 Å². The molecule has 2 rings (SSSR count). The van der Waals surface area contributed by atoms with Gasteiger partial charge in [-0.1, -0.05) is 13.3 Å². The summed E-state index contributed by atoms with van der Waals surface area (Å²) in [5.74, 6) is 0.787. The highest BCUT2D eigenvalue weighted by molar-refractivity contribution is 7.89. The first-order chi connectivity index (χ1) is 8.62. The molecule has 1 aromatic carbocycles. The Kier molecular flexibility index (Phi) is 4.24. The van der Waals surface area contributed by atoms with E-state index in [-0.39, 0.29) is 0 Å². The van der Waals surface area contributed by atoms with Crippen LogP contribution in [0.2, 0.25) is 0 Å². The molecule has 1 aromatic rings. The van der Waals surface area contributed by atoms with E-state index in [4.69, 9.17) is 0 Å². The summed E-state index contributed by atoms with van der Waals surface area (Å²) < 4.78 is 25.9. The highest BCUT2D eigenvalue weighted by Gasteiger charge is 2.17. The van der Waals surface area contributed by atoms with Gasteiger partial charge in [-0.3, -0.25) is 0 Å². The Bertz CT molecular complexity index is 478. The van der Waals surface area contributed by atoms with Gasteiger partial charge in [-0.2, -0.15) is 0 Å². The van der Waals surface area contributed by atoms with Gasteiger partial charge in [-0.25, -0.2) is 13.1 Å². The first-order valence-electron chi connectivity index (χ1n) is 6.45. The number of sulfonamides is 1. The molecule has 100 valence electrons. The molecule has 0 spiro atoms. The van der Waals surface area contributed by atoms with E-state index < -0.39 is 10.0 Å². The summed E-state index contributed by atoms with van der Waals surface area (Å²) in [5, 5.41) is 3.34. The number of hydrogen-bond acceptors (Lipinski definition) is 3. The van der Waals surface area contributed by atoms with Gasteiger partial charge in [0.2, 0.25) is 10.0 Å². The van der Waals surface area contributed by atoms with Crippen molar-refractivity contribution >= 4 is 15.7 Å². The Balaban J connectivity index is 1.96. The predicted molar refractivity (Wildman–Crippen MR) is 73.1 cm³/mol. The average molecular weight is 268 g/mol. The Labute approximate surface area is 109 Å². The van der Waals surface area contributed by atoms with E-state index in [9.17, 15) is 8.42 Å². The minimum atomic E-state index is -3.33. The highest BCUT2D eigenvalue weighted by atomic mass is 32.2. The zero-order chi connectivity index (χ0) is 13.0. The van der Waals surface area contributed by atoms with Crippen LogP contribution in [0.25, 0.3) is 0 Å². The first-order valence-corrected chi connectivity index (χ1v) is 7.94. The Hall–Kier alpha value is -1.07. The third-order valence-corrected chi connectivity index (χ3v) is 4.88. The second-order valence-corrected chi connectivity index (χ2v) is 6.47. The Morgan fingerprint density at radius 1 is 1.22 bits per heavy atom. The van der Waals surface area contributed by atoms with Gasteiger partial charge in [0.25, 0.3) is 0 Å². The van der Waals surface area contributed by atoms with Gasteiger partial charge in [-0.05, 0) is 43.0 Å². The van der Waals surface area contributed by atoms with Crippen LogP contribution in [0, 0.1) is 5.92 Å². The van der Waals surface area contributed by atoms with Crippen molar-refractivity contribution in [2.75, 3.05) is 18.4 Å². The van der Waals surface area contributed by atoms with Crippen molar-refractivity contribution in [1.29, 1.82) is 0 Å². The molecule has 1 aliphatic carbocycles. The van der Waals surface area contributed by atoms with Crippen LogP contribution in [0.4, 0.5) is 5.69 Å². The van der Waals surface area contributed by atoms with Crippen LogP contribution in [-0.4, -0.2) is 21.5 Å². The lowest BCUT2D eigenvalue weighted by atomic mass is 9.85. The van der Waals surface area contributed by atoms with Crippen LogP contribution >= 0.6 is 0 Å². The predicted octanol–water partition coefficient (Wildman–Crippen LogP) is 2.20. The van der Waals surface area contributed by atoms with Crippen molar-refractivity contribution in [2.24, 2.45) is 5.92 Å². The fourth-order valence-corrected chi connectivity index (χ4v) is 3.03. The molecule has 0 unspecified atom stereocenters. The number of nitrogens with one attached hydrogen (secondary N) is 2. The summed E-state index contributed by atoms with van der Waals surface area (Å²) in [4.78, 5) is 0.318. The summed E-state index contributed by atoms with van der Waals surface area (Å²) in [6, 6.07) is 6.92. The first kappa shape index (κ1) is 13.4. The molecular weight excluding hydrogens is 248 g/mol. The normalized spacial score (nSPS) is 16.3.